The van der Waals surface area contributed by atoms with Crippen molar-refractivity contribution in [3.8, 4) is 22.3 Å². The van der Waals surface area contributed by atoms with Gasteiger partial charge in [0.15, 0.2) is 0 Å². The Kier molecular flexibility index (Phi) is 15.8. The second-order valence-corrected chi connectivity index (χ2v) is 24.7. The average molecular weight is 1080 g/mol. The Hall–Kier alpha value is -7.94. The van der Waals surface area contributed by atoms with Gasteiger partial charge in [0.2, 0.25) is 0 Å². The van der Waals surface area contributed by atoms with Crippen LogP contribution < -0.4 is 9.80 Å². The summed E-state index contributed by atoms with van der Waals surface area (Å²) in [6, 6.07) is 79.7. The summed E-state index contributed by atoms with van der Waals surface area (Å²) < 4.78 is 0. The second-order valence-electron chi connectivity index (χ2n) is 24.7. The Morgan fingerprint density at radius 2 is 0.783 bits per heavy atom. The van der Waals surface area contributed by atoms with Crippen LogP contribution in [0.15, 0.2) is 206 Å². The van der Waals surface area contributed by atoms with E-state index in [-0.39, 0.29) is 5.41 Å². The number of aryl methyl sites for hydroxylation is 8. The van der Waals surface area contributed by atoms with E-state index in [1.54, 1.807) is 44.5 Å². The maximum atomic E-state index is 2.58. The van der Waals surface area contributed by atoms with Crippen LogP contribution in [0, 0.1) is 13.8 Å². The van der Waals surface area contributed by atoms with Crippen LogP contribution in [0.3, 0.4) is 0 Å². The van der Waals surface area contributed by atoms with Gasteiger partial charge < -0.3 is 9.80 Å². The molecule has 10 aromatic rings. The van der Waals surface area contributed by atoms with E-state index in [0.717, 1.165) is 54.9 Å². The predicted octanol–water partition coefficient (Wildman–Crippen LogP) is 22.0. The standard InChI is InChI=1S/C81H82N2/c1-5-7-9-51-81(52-10-8-6-2)79-53-58(4)25-47-77(79)78-50-36-68(56-80(78)81)61-30-43-72(44-31-61)83(71-41-28-60(29-42-71)16-12-18-63-20-14-22-65-35-49-76(63)65)74-46-33-66-54-73(45-32-67(66)55-74)82(69-37-23-57(3)24-38-69)70-39-26-59(27-40-70)15-11-17-62-19-13-21-64-34-48-75(62)64/h13-14,19-33,36-47,50,53-56H,5-12,15-18,34-35,48-49,51-52H2,1-4H3. The molecule has 3 aliphatic rings. The van der Waals surface area contributed by atoms with Crippen molar-refractivity contribution in [2.75, 3.05) is 9.80 Å². The van der Waals surface area contributed by atoms with Crippen molar-refractivity contribution in [1.29, 1.82) is 0 Å². The zero-order chi connectivity index (χ0) is 56.3. The SMILES string of the molecule is CCCCCC1(CCCCC)c2cc(C)ccc2-c2ccc(-c3ccc(N(c4ccc(CCCc5cccc6c5CC6)cc4)c4ccc5cc(N(c6ccc(C)cc6)c6ccc(CCCc7cccc8c7CC8)cc6)ccc5c4)cc3)cc21. The van der Waals surface area contributed by atoms with E-state index >= 15 is 0 Å². The third-order valence-corrected chi connectivity index (χ3v) is 19.2. The van der Waals surface area contributed by atoms with Crippen LogP contribution in [-0.4, -0.2) is 0 Å². The second kappa shape index (κ2) is 24.1. The molecule has 0 radical (unpaired) electrons. The molecule has 13 rings (SSSR count). The first kappa shape index (κ1) is 54.3. The number of fused-ring (bicyclic) bond motifs is 6. The zero-order valence-electron chi connectivity index (χ0n) is 49.8. The van der Waals surface area contributed by atoms with Gasteiger partial charge in [-0.25, -0.2) is 0 Å². The number of benzene rings is 10. The molecule has 0 atom stereocenters. The first-order valence-corrected chi connectivity index (χ1v) is 31.8. The van der Waals surface area contributed by atoms with E-state index in [0.29, 0.717) is 0 Å². The number of nitrogens with zero attached hydrogens (tertiary/aromatic N) is 2. The van der Waals surface area contributed by atoms with Crippen molar-refractivity contribution < 1.29 is 0 Å². The van der Waals surface area contributed by atoms with Gasteiger partial charge >= 0.3 is 0 Å². The lowest BCUT2D eigenvalue weighted by Crippen LogP contribution is -2.25. The first-order chi connectivity index (χ1) is 40.8. The highest BCUT2D eigenvalue weighted by Crippen LogP contribution is 2.55. The smallest absolute Gasteiger partial charge is 0.0468 e. The number of hydrogen-bond acceptors (Lipinski definition) is 2. The molecule has 2 nitrogen and oxygen atoms in total. The van der Waals surface area contributed by atoms with Gasteiger partial charge in [0.05, 0.1) is 0 Å². The number of unbranched alkanes of at least 4 members (excludes halogenated alkanes) is 4. The van der Waals surface area contributed by atoms with Crippen LogP contribution in [-0.2, 0) is 56.8 Å². The zero-order valence-corrected chi connectivity index (χ0v) is 49.8. The normalized spacial score (nSPS) is 13.4. The third-order valence-electron chi connectivity index (χ3n) is 19.2. The summed E-state index contributed by atoms with van der Waals surface area (Å²) in [5.74, 6) is 0. The minimum absolute atomic E-state index is 0.0483. The molecule has 2 heteroatoms. The average Bonchev–Trinajstić information content (AvgIpc) is 2.19. The molecule has 0 unspecified atom stereocenters. The van der Waals surface area contributed by atoms with Crippen molar-refractivity contribution in [1.82, 2.24) is 0 Å². The summed E-state index contributed by atoms with van der Waals surface area (Å²) in [5.41, 5.74) is 30.4. The molecule has 0 spiro atoms. The van der Waals surface area contributed by atoms with Crippen molar-refractivity contribution in [3.05, 3.63) is 273 Å². The van der Waals surface area contributed by atoms with E-state index in [1.165, 1.54) is 150 Å². The van der Waals surface area contributed by atoms with Crippen LogP contribution in [0.25, 0.3) is 33.0 Å². The summed E-state index contributed by atoms with van der Waals surface area (Å²) >= 11 is 0. The van der Waals surface area contributed by atoms with Crippen molar-refractivity contribution in [2.24, 2.45) is 0 Å². The number of anilines is 6. The van der Waals surface area contributed by atoms with Gasteiger partial charge in [-0.15, -0.1) is 0 Å². The van der Waals surface area contributed by atoms with Crippen LogP contribution in [0.4, 0.5) is 34.1 Å². The highest BCUT2D eigenvalue weighted by Gasteiger charge is 2.42. The molecule has 0 aliphatic heterocycles. The Morgan fingerprint density at radius 3 is 1.27 bits per heavy atom. The molecule has 0 aromatic heterocycles. The predicted molar refractivity (Wildman–Crippen MR) is 354 cm³/mol. The van der Waals surface area contributed by atoms with Crippen molar-refractivity contribution in [3.63, 3.8) is 0 Å². The summed E-state index contributed by atoms with van der Waals surface area (Å²) in [6.07, 6.45) is 21.7. The molecule has 0 N–H and O–H groups in total. The fourth-order valence-corrected chi connectivity index (χ4v) is 14.4. The molecule has 83 heavy (non-hydrogen) atoms. The molecule has 0 amide bonds. The largest absolute Gasteiger partial charge is 0.310 e. The summed E-state index contributed by atoms with van der Waals surface area (Å²) in [5, 5.41) is 2.43. The van der Waals surface area contributed by atoms with E-state index < -0.39 is 0 Å². The number of rotatable bonds is 23. The fraction of sp³-hybridized carbons (Fsp3) is 0.284. The highest BCUT2D eigenvalue weighted by atomic mass is 15.1. The first-order valence-electron chi connectivity index (χ1n) is 31.8. The fourth-order valence-electron chi connectivity index (χ4n) is 14.4. The summed E-state index contributed by atoms with van der Waals surface area (Å²) in [6.45, 7) is 9.13. The topological polar surface area (TPSA) is 6.48 Å². The number of hydrogen-bond donors (Lipinski definition) is 0. The van der Waals surface area contributed by atoms with Crippen LogP contribution in [0.1, 0.15) is 145 Å². The Labute approximate surface area is 495 Å². The quantitative estimate of drug-likeness (QED) is 0.0589. The molecule has 416 valence electrons. The molecular formula is C81H82N2. The van der Waals surface area contributed by atoms with Crippen molar-refractivity contribution in [2.45, 2.75) is 149 Å². The van der Waals surface area contributed by atoms with Gasteiger partial charge in [0.1, 0.15) is 0 Å². The van der Waals surface area contributed by atoms with Crippen LogP contribution >= 0.6 is 0 Å². The van der Waals surface area contributed by atoms with Gasteiger partial charge in [0.25, 0.3) is 0 Å². The summed E-state index contributed by atoms with van der Waals surface area (Å²) in [4.78, 5) is 4.88. The molecule has 3 aliphatic carbocycles. The maximum absolute atomic E-state index is 2.58. The highest BCUT2D eigenvalue weighted by molar-refractivity contribution is 5.93. The monoisotopic (exact) mass is 1080 g/mol. The molecular weight excluding hydrogens is 1000 g/mol. The van der Waals surface area contributed by atoms with E-state index in [4.69, 9.17) is 0 Å². The maximum Gasteiger partial charge on any atom is 0.0468 e. The lowest BCUT2D eigenvalue weighted by molar-refractivity contribution is 0.405. The van der Waals surface area contributed by atoms with E-state index in [9.17, 15) is 0 Å². The lowest BCUT2D eigenvalue weighted by Gasteiger charge is -2.33. The minimum atomic E-state index is 0.0483. The lowest BCUT2D eigenvalue weighted by atomic mass is 9.70. The molecule has 0 bridgehead atoms. The summed E-state index contributed by atoms with van der Waals surface area (Å²) in [7, 11) is 0. The molecule has 0 heterocycles. The Balaban J connectivity index is 0.809. The Bertz CT molecular complexity index is 3890. The van der Waals surface area contributed by atoms with Gasteiger partial charge in [-0.1, -0.05) is 191 Å². The molecule has 0 fully saturated rings. The Morgan fingerprint density at radius 1 is 0.349 bits per heavy atom. The van der Waals surface area contributed by atoms with Crippen molar-refractivity contribution >= 4 is 44.9 Å². The third kappa shape index (κ3) is 11.1. The molecule has 10 aromatic carbocycles. The van der Waals surface area contributed by atoms with Gasteiger partial charge in [-0.2, -0.15) is 0 Å². The van der Waals surface area contributed by atoms with Crippen LogP contribution in [0.2, 0.25) is 0 Å². The van der Waals surface area contributed by atoms with Gasteiger partial charge in [-0.05, 0) is 258 Å². The molecule has 0 saturated heterocycles. The van der Waals surface area contributed by atoms with Gasteiger partial charge in [0, 0.05) is 39.5 Å². The minimum Gasteiger partial charge on any atom is -0.310 e. The van der Waals surface area contributed by atoms with Gasteiger partial charge in [-0.3, -0.25) is 0 Å². The van der Waals surface area contributed by atoms with E-state index in [2.05, 4.69) is 244 Å². The van der Waals surface area contributed by atoms with Crippen LogP contribution in [0.5, 0.6) is 0 Å². The van der Waals surface area contributed by atoms with E-state index in [1.807, 2.05) is 0 Å². The molecule has 0 saturated carbocycles.